The van der Waals surface area contributed by atoms with Gasteiger partial charge in [0.25, 0.3) is 0 Å². The number of piperazine rings is 1. The molecule has 0 spiro atoms. The van der Waals surface area contributed by atoms with Crippen LogP contribution in [0.15, 0.2) is 12.1 Å². The van der Waals surface area contributed by atoms with Gasteiger partial charge in [-0.05, 0) is 40.5 Å². The lowest BCUT2D eigenvalue weighted by atomic mass is 10.1. The van der Waals surface area contributed by atoms with Crippen molar-refractivity contribution < 1.29 is 22.6 Å². The van der Waals surface area contributed by atoms with Crippen LogP contribution in [0.1, 0.15) is 40.5 Å². The summed E-state index contributed by atoms with van der Waals surface area (Å²) in [7, 11) is 0. The van der Waals surface area contributed by atoms with E-state index in [9.17, 15) is 13.2 Å². The number of pyridine rings is 1. The average molecular weight is 504 g/mol. The summed E-state index contributed by atoms with van der Waals surface area (Å²) in [6, 6.07) is 2.08. The first kappa shape index (κ1) is 25.7. The van der Waals surface area contributed by atoms with Gasteiger partial charge in [-0.1, -0.05) is 0 Å². The number of alkyl halides is 3. The Morgan fingerprint density at radius 1 is 1.00 bits per heavy atom. The highest BCUT2D eigenvalue weighted by molar-refractivity contribution is 7.94. The van der Waals surface area contributed by atoms with E-state index in [1.54, 1.807) is 6.07 Å². The van der Waals surface area contributed by atoms with E-state index in [1.807, 2.05) is 31.1 Å². The Balaban J connectivity index is 1.63. The first-order chi connectivity index (χ1) is 16.0. The number of nitrogens with zero attached hydrogens (tertiary/aromatic N) is 5. The number of hydrogen-bond donors (Lipinski definition) is 0. The summed E-state index contributed by atoms with van der Waals surface area (Å²) in [5, 5.41) is 0. The molecule has 4 heterocycles. The smallest absolute Gasteiger partial charge is 0.410 e. The Kier molecular flexibility index (Phi) is 7.76. The highest BCUT2D eigenvalue weighted by Crippen LogP contribution is 2.37. The van der Waals surface area contributed by atoms with Crippen LogP contribution in [0.5, 0.6) is 5.88 Å². The molecule has 34 heavy (non-hydrogen) atoms. The fourth-order valence-electron chi connectivity index (χ4n) is 4.59. The van der Waals surface area contributed by atoms with E-state index in [4.69, 9.17) is 9.47 Å². The van der Waals surface area contributed by atoms with Crippen LogP contribution in [0.2, 0.25) is 0 Å². The molecule has 4 rings (SSSR count). The monoisotopic (exact) mass is 503 g/mol. The minimum Gasteiger partial charge on any atom is -0.472 e. The first-order valence-corrected chi connectivity index (χ1v) is 12.8. The number of halogens is 3. The lowest BCUT2D eigenvalue weighted by Crippen LogP contribution is -2.58. The SMILES string of the molecule is CC1COCCN1c1cc(OC(C)(C)C)nc(N2CCN(SN3CCCC3)CC2C(F)(F)F)c1. The van der Waals surface area contributed by atoms with Gasteiger partial charge < -0.3 is 19.3 Å². The first-order valence-electron chi connectivity index (χ1n) is 12.1. The lowest BCUT2D eigenvalue weighted by molar-refractivity contribution is -0.153. The van der Waals surface area contributed by atoms with Crippen LogP contribution < -0.4 is 14.5 Å². The predicted octanol–water partition coefficient (Wildman–Crippen LogP) is 4.20. The highest BCUT2D eigenvalue weighted by atomic mass is 32.2. The van der Waals surface area contributed by atoms with Gasteiger partial charge in [0, 0.05) is 75.3 Å². The molecule has 1 aromatic rings. The Bertz CT molecular complexity index is 832. The molecule has 0 radical (unpaired) electrons. The van der Waals surface area contributed by atoms with Crippen molar-refractivity contribution in [2.75, 3.05) is 62.3 Å². The van der Waals surface area contributed by atoms with Gasteiger partial charge in [-0.15, -0.1) is 0 Å². The molecule has 2 unspecified atom stereocenters. The molecule has 3 aliphatic rings. The Labute approximate surface area is 204 Å². The Morgan fingerprint density at radius 2 is 1.74 bits per heavy atom. The third kappa shape index (κ3) is 6.41. The number of ether oxygens (including phenoxy) is 2. The van der Waals surface area contributed by atoms with E-state index >= 15 is 0 Å². The van der Waals surface area contributed by atoms with E-state index in [-0.39, 0.29) is 19.1 Å². The van der Waals surface area contributed by atoms with Crippen molar-refractivity contribution in [1.29, 1.82) is 0 Å². The molecule has 2 atom stereocenters. The van der Waals surface area contributed by atoms with E-state index in [2.05, 4.69) is 21.1 Å². The molecule has 0 amide bonds. The van der Waals surface area contributed by atoms with Crippen LogP contribution in [0, 0.1) is 0 Å². The zero-order chi connectivity index (χ0) is 24.5. The molecule has 0 N–H and O–H groups in total. The molecule has 11 heteroatoms. The quantitative estimate of drug-likeness (QED) is 0.555. The fourth-order valence-corrected chi connectivity index (χ4v) is 5.71. The number of rotatable bonds is 5. The molecule has 3 aliphatic heterocycles. The zero-order valence-corrected chi connectivity index (χ0v) is 21.3. The van der Waals surface area contributed by atoms with Crippen molar-refractivity contribution >= 4 is 23.6 Å². The molecule has 0 bridgehead atoms. The van der Waals surface area contributed by atoms with Crippen molar-refractivity contribution in [2.24, 2.45) is 0 Å². The van der Waals surface area contributed by atoms with Gasteiger partial charge in [0.2, 0.25) is 5.88 Å². The summed E-state index contributed by atoms with van der Waals surface area (Å²) in [5.41, 5.74) is 0.295. The maximum atomic E-state index is 14.3. The van der Waals surface area contributed by atoms with Gasteiger partial charge in [-0.3, -0.25) is 0 Å². The van der Waals surface area contributed by atoms with Crippen molar-refractivity contribution in [3.8, 4) is 5.88 Å². The normalized spacial score (nSPS) is 25.7. The Hall–Kier alpha value is -1.43. The summed E-state index contributed by atoms with van der Waals surface area (Å²) in [5.74, 6) is 0.650. The van der Waals surface area contributed by atoms with Gasteiger partial charge in [0.1, 0.15) is 17.5 Å². The van der Waals surface area contributed by atoms with Gasteiger partial charge in [-0.25, -0.2) is 8.61 Å². The second-order valence-electron chi connectivity index (χ2n) is 10.2. The third-order valence-electron chi connectivity index (χ3n) is 6.19. The van der Waals surface area contributed by atoms with Crippen molar-refractivity contribution in [3.05, 3.63) is 12.1 Å². The lowest BCUT2D eigenvalue weighted by Gasteiger charge is -2.43. The summed E-state index contributed by atoms with van der Waals surface area (Å²) in [6.45, 7) is 12.1. The molecule has 0 aliphatic carbocycles. The molecular weight excluding hydrogens is 467 g/mol. The summed E-state index contributed by atoms with van der Waals surface area (Å²) in [6.07, 6.45) is -2.18. The van der Waals surface area contributed by atoms with Crippen molar-refractivity contribution in [3.63, 3.8) is 0 Å². The average Bonchev–Trinajstić information content (AvgIpc) is 3.25. The van der Waals surface area contributed by atoms with Crippen molar-refractivity contribution in [2.45, 2.75) is 64.4 Å². The van der Waals surface area contributed by atoms with Gasteiger partial charge in [0.15, 0.2) is 0 Å². The molecule has 192 valence electrons. The van der Waals surface area contributed by atoms with E-state index in [1.165, 1.54) is 17.0 Å². The molecule has 0 aromatic carbocycles. The predicted molar refractivity (Wildman–Crippen MR) is 129 cm³/mol. The zero-order valence-electron chi connectivity index (χ0n) is 20.5. The van der Waals surface area contributed by atoms with Crippen molar-refractivity contribution in [1.82, 2.24) is 13.6 Å². The van der Waals surface area contributed by atoms with Crippen LogP contribution in [0.25, 0.3) is 0 Å². The van der Waals surface area contributed by atoms with Crippen LogP contribution >= 0.6 is 12.1 Å². The number of morpholine rings is 1. The number of anilines is 2. The summed E-state index contributed by atoms with van der Waals surface area (Å²) >= 11 is 1.46. The standard InChI is InChI=1S/C23H36F3N5O2S/c1-17-16-32-12-11-30(17)18-13-20(27-21(14-18)33-22(2,3)4)31-10-9-29(15-19(31)23(24,25)26)34-28-7-5-6-8-28/h13-14,17,19H,5-12,15-16H2,1-4H3. The minimum atomic E-state index is -4.38. The summed E-state index contributed by atoms with van der Waals surface area (Å²) in [4.78, 5) is 8.13. The molecule has 3 fully saturated rings. The van der Waals surface area contributed by atoms with E-state index < -0.39 is 17.8 Å². The second kappa shape index (κ2) is 10.3. The van der Waals surface area contributed by atoms with Gasteiger partial charge in [0.05, 0.1) is 13.2 Å². The molecule has 1 aromatic heterocycles. The maximum Gasteiger partial charge on any atom is 0.410 e. The van der Waals surface area contributed by atoms with Gasteiger partial charge >= 0.3 is 6.18 Å². The largest absolute Gasteiger partial charge is 0.472 e. The fraction of sp³-hybridized carbons (Fsp3) is 0.783. The van der Waals surface area contributed by atoms with Crippen LogP contribution in [-0.2, 0) is 4.74 Å². The topological polar surface area (TPSA) is 44.3 Å². The van der Waals surface area contributed by atoms with Crippen LogP contribution in [-0.4, -0.2) is 89.9 Å². The maximum absolute atomic E-state index is 14.3. The van der Waals surface area contributed by atoms with E-state index in [0.717, 1.165) is 31.6 Å². The van der Waals surface area contributed by atoms with Crippen LogP contribution in [0.3, 0.4) is 0 Å². The highest BCUT2D eigenvalue weighted by Gasteiger charge is 2.48. The number of aromatic nitrogens is 1. The molecule has 0 saturated carbocycles. The summed E-state index contributed by atoms with van der Waals surface area (Å²) < 4.78 is 58.4. The Morgan fingerprint density at radius 3 is 2.38 bits per heavy atom. The molecule has 3 saturated heterocycles. The molecular formula is C23H36F3N5O2S. The van der Waals surface area contributed by atoms with Crippen LogP contribution in [0.4, 0.5) is 24.7 Å². The molecule has 7 nitrogen and oxygen atoms in total. The minimum absolute atomic E-state index is 0.0972. The van der Waals surface area contributed by atoms with Gasteiger partial charge in [-0.2, -0.15) is 18.2 Å². The second-order valence-corrected chi connectivity index (χ2v) is 11.4. The number of hydrogen-bond acceptors (Lipinski definition) is 8. The van der Waals surface area contributed by atoms with E-state index in [0.29, 0.717) is 38.0 Å². The third-order valence-corrected chi connectivity index (χ3v) is 7.35.